The minimum atomic E-state index is -4.49. The second-order valence-corrected chi connectivity index (χ2v) is 7.46. The van der Waals surface area contributed by atoms with Crippen molar-refractivity contribution in [2.45, 2.75) is 26.1 Å². The van der Waals surface area contributed by atoms with Gasteiger partial charge in [-0.25, -0.2) is 4.98 Å². The van der Waals surface area contributed by atoms with E-state index in [-0.39, 0.29) is 19.0 Å². The topological polar surface area (TPSA) is 111 Å². The molecule has 0 aliphatic rings. The van der Waals surface area contributed by atoms with Crippen molar-refractivity contribution in [2.24, 2.45) is 0 Å². The summed E-state index contributed by atoms with van der Waals surface area (Å²) in [7, 11) is 0. The fraction of sp³-hybridized carbons (Fsp3) is 0.227. The number of benzene rings is 1. The van der Waals surface area contributed by atoms with Crippen LogP contribution in [0.4, 0.5) is 19.0 Å². The number of rotatable bonds is 6. The van der Waals surface area contributed by atoms with Gasteiger partial charge in [0.15, 0.2) is 5.82 Å². The monoisotopic (exact) mass is 456 g/mol. The van der Waals surface area contributed by atoms with Crippen LogP contribution in [0.1, 0.15) is 33.0 Å². The van der Waals surface area contributed by atoms with Crippen molar-refractivity contribution < 1.29 is 22.5 Å². The van der Waals surface area contributed by atoms with Crippen LogP contribution in [0.25, 0.3) is 10.9 Å². The van der Waals surface area contributed by atoms with Crippen molar-refractivity contribution in [1.82, 2.24) is 25.0 Å². The summed E-state index contributed by atoms with van der Waals surface area (Å²) >= 11 is 0. The second-order valence-electron chi connectivity index (χ2n) is 7.46. The number of fused-ring (bicyclic) bond motifs is 1. The Morgan fingerprint density at radius 1 is 1.15 bits per heavy atom. The summed E-state index contributed by atoms with van der Waals surface area (Å²) in [6.07, 6.45) is -2.25. The van der Waals surface area contributed by atoms with Crippen molar-refractivity contribution in [3.05, 3.63) is 77.2 Å². The summed E-state index contributed by atoms with van der Waals surface area (Å²) < 4.78 is 43.3. The molecule has 2 N–H and O–H groups in total. The minimum Gasteiger partial charge on any atom is -0.383 e. The molecule has 33 heavy (non-hydrogen) atoms. The van der Waals surface area contributed by atoms with Crippen LogP contribution in [0.3, 0.4) is 0 Å². The number of carbonyl (C=O) groups is 1. The van der Waals surface area contributed by atoms with Crippen molar-refractivity contribution in [1.29, 1.82) is 0 Å². The van der Waals surface area contributed by atoms with E-state index in [0.29, 0.717) is 34.8 Å². The van der Waals surface area contributed by atoms with E-state index in [1.807, 2.05) is 13.0 Å². The number of anilines is 1. The van der Waals surface area contributed by atoms with Crippen LogP contribution in [-0.4, -0.2) is 37.5 Å². The van der Waals surface area contributed by atoms with Crippen molar-refractivity contribution in [3.8, 4) is 0 Å². The highest BCUT2D eigenvalue weighted by Crippen LogP contribution is 2.28. The number of nitrogens with zero attached hydrogens (tertiary/aromatic N) is 5. The lowest BCUT2D eigenvalue weighted by molar-refractivity contribution is -0.137. The molecule has 0 atom stereocenters. The summed E-state index contributed by atoms with van der Waals surface area (Å²) in [6, 6.07) is 9.08. The molecule has 0 saturated carbocycles. The lowest BCUT2D eigenvalue weighted by atomic mass is 10.1. The van der Waals surface area contributed by atoms with Gasteiger partial charge in [-0.1, -0.05) is 5.16 Å². The lowest BCUT2D eigenvalue weighted by Gasteiger charge is -2.22. The fourth-order valence-electron chi connectivity index (χ4n) is 3.28. The molecule has 0 spiro atoms. The number of carbonyl (C=O) groups excluding carboxylic acids is 1. The summed E-state index contributed by atoms with van der Waals surface area (Å²) in [6.45, 7) is 2.04. The number of halogens is 3. The van der Waals surface area contributed by atoms with Gasteiger partial charge < -0.3 is 15.2 Å². The number of nitrogen functional groups attached to an aromatic ring is 1. The molecule has 0 bridgehead atoms. The SMILES string of the molecule is Cc1cc2cc(C(=O)N(CCc3ncon3)Cc3ccc(C(F)(F)F)cn3)ccc2nc1N. The summed E-state index contributed by atoms with van der Waals surface area (Å²) in [4.78, 5) is 27.0. The number of amides is 1. The molecular formula is C22H19F3N6O2. The van der Waals surface area contributed by atoms with Crippen LogP contribution in [0.2, 0.25) is 0 Å². The average Bonchev–Trinajstić information content (AvgIpc) is 3.30. The Bertz CT molecular complexity index is 1270. The number of pyridine rings is 2. The highest BCUT2D eigenvalue weighted by molar-refractivity contribution is 5.98. The lowest BCUT2D eigenvalue weighted by Crippen LogP contribution is -2.33. The average molecular weight is 456 g/mol. The van der Waals surface area contributed by atoms with Crippen molar-refractivity contribution in [2.75, 3.05) is 12.3 Å². The summed E-state index contributed by atoms with van der Waals surface area (Å²) in [5.74, 6) is 0.496. The Labute approximate surface area is 186 Å². The van der Waals surface area contributed by atoms with Gasteiger partial charge in [0.05, 0.1) is 23.3 Å². The maximum absolute atomic E-state index is 13.3. The zero-order valence-electron chi connectivity index (χ0n) is 17.5. The van der Waals surface area contributed by atoms with E-state index in [0.717, 1.165) is 23.2 Å². The largest absolute Gasteiger partial charge is 0.417 e. The predicted octanol–water partition coefficient (Wildman–Crippen LogP) is 3.81. The van der Waals surface area contributed by atoms with Crippen LogP contribution in [0.5, 0.6) is 0 Å². The van der Waals surface area contributed by atoms with Gasteiger partial charge in [0.1, 0.15) is 5.82 Å². The minimum absolute atomic E-state index is 0.00583. The molecule has 4 aromatic rings. The van der Waals surface area contributed by atoms with Gasteiger partial charge in [0.25, 0.3) is 5.91 Å². The van der Waals surface area contributed by atoms with E-state index in [4.69, 9.17) is 10.3 Å². The highest BCUT2D eigenvalue weighted by atomic mass is 19.4. The van der Waals surface area contributed by atoms with Crippen molar-refractivity contribution >= 4 is 22.6 Å². The molecule has 0 radical (unpaired) electrons. The van der Waals surface area contributed by atoms with Gasteiger partial charge in [-0.3, -0.25) is 9.78 Å². The Morgan fingerprint density at radius 3 is 2.64 bits per heavy atom. The highest BCUT2D eigenvalue weighted by Gasteiger charge is 2.30. The number of hydrogen-bond donors (Lipinski definition) is 1. The smallest absolute Gasteiger partial charge is 0.383 e. The number of alkyl halides is 3. The molecule has 8 nitrogen and oxygen atoms in total. The molecule has 0 aliphatic heterocycles. The van der Waals surface area contributed by atoms with Crippen LogP contribution in [0.15, 0.2) is 53.5 Å². The maximum atomic E-state index is 13.3. The Morgan fingerprint density at radius 2 is 1.97 bits per heavy atom. The van der Waals surface area contributed by atoms with Crippen LogP contribution < -0.4 is 5.73 Å². The molecule has 4 rings (SSSR count). The molecule has 11 heteroatoms. The van der Waals surface area contributed by atoms with Gasteiger partial charge in [-0.05, 0) is 48.9 Å². The van der Waals surface area contributed by atoms with Gasteiger partial charge in [-0.2, -0.15) is 18.2 Å². The van der Waals surface area contributed by atoms with E-state index < -0.39 is 11.7 Å². The maximum Gasteiger partial charge on any atom is 0.417 e. The molecule has 170 valence electrons. The predicted molar refractivity (Wildman–Crippen MR) is 113 cm³/mol. The second kappa shape index (κ2) is 8.85. The number of hydrogen-bond acceptors (Lipinski definition) is 7. The quantitative estimate of drug-likeness (QED) is 0.470. The zero-order chi connectivity index (χ0) is 23.6. The number of aromatic nitrogens is 4. The molecule has 3 aromatic heterocycles. The van der Waals surface area contributed by atoms with Crippen molar-refractivity contribution in [3.63, 3.8) is 0 Å². The fourth-order valence-corrected chi connectivity index (χ4v) is 3.28. The van der Waals surface area contributed by atoms with E-state index in [9.17, 15) is 18.0 Å². The Hall–Kier alpha value is -4.02. The molecule has 1 amide bonds. The van der Waals surface area contributed by atoms with Crippen LogP contribution in [-0.2, 0) is 19.1 Å². The summed E-state index contributed by atoms with van der Waals surface area (Å²) in [5.41, 5.74) is 7.15. The first-order valence-corrected chi connectivity index (χ1v) is 9.94. The Kier molecular flexibility index (Phi) is 5.95. The third-order valence-electron chi connectivity index (χ3n) is 5.10. The molecule has 3 heterocycles. The van der Waals surface area contributed by atoms with E-state index in [2.05, 4.69) is 20.1 Å². The standard InChI is InChI=1S/C22H19F3N6O2/c1-13-8-15-9-14(2-5-18(15)29-20(13)26)21(32)31(7-6-19-28-12-33-30-19)11-17-4-3-16(10-27-17)22(23,24)25/h2-5,8-10,12H,6-7,11H2,1H3,(H2,26,29). The van der Waals surface area contributed by atoms with Gasteiger partial charge >= 0.3 is 6.18 Å². The molecular weight excluding hydrogens is 437 g/mol. The van der Waals surface area contributed by atoms with Gasteiger partial charge in [-0.15, -0.1) is 0 Å². The number of nitrogens with two attached hydrogens (primary N) is 1. The van der Waals surface area contributed by atoms with Crippen LogP contribution >= 0.6 is 0 Å². The van der Waals surface area contributed by atoms with E-state index >= 15 is 0 Å². The Balaban J connectivity index is 1.61. The molecule has 0 saturated heterocycles. The molecule has 0 aliphatic carbocycles. The third-order valence-corrected chi connectivity index (χ3v) is 5.10. The van der Waals surface area contributed by atoms with Gasteiger partial charge in [0, 0.05) is 30.1 Å². The van der Waals surface area contributed by atoms with Crippen LogP contribution in [0, 0.1) is 6.92 Å². The molecule has 0 fully saturated rings. The first kappa shape index (κ1) is 22.2. The zero-order valence-corrected chi connectivity index (χ0v) is 17.5. The summed E-state index contributed by atoms with van der Waals surface area (Å²) in [5, 5.41) is 4.49. The van der Waals surface area contributed by atoms with Gasteiger partial charge in [0.2, 0.25) is 6.39 Å². The van der Waals surface area contributed by atoms with E-state index in [1.165, 1.54) is 17.4 Å². The molecule has 0 unspecified atom stereocenters. The van der Waals surface area contributed by atoms with E-state index in [1.54, 1.807) is 18.2 Å². The third kappa shape index (κ3) is 5.08. The first-order valence-electron chi connectivity index (χ1n) is 9.94. The molecule has 1 aromatic carbocycles. The first-order chi connectivity index (χ1) is 15.7. The normalized spacial score (nSPS) is 11.6. The number of aryl methyl sites for hydroxylation is 1.